The van der Waals surface area contributed by atoms with Gasteiger partial charge in [-0.3, -0.25) is 4.79 Å². The van der Waals surface area contributed by atoms with Gasteiger partial charge >= 0.3 is 0 Å². The summed E-state index contributed by atoms with van der Waals surface area (Å²) in [6.45, 7) is 0. The summed E-state index contributed by atoms with van der Waals surface area (Å²) in [5.74, 6) is 0.721. The van der Waals surface area contributed by atoms with Gasteiger partial charge in [-0.25, -0.2) is 4.98 Å². The Hall–Kier alpha value is -3.14. The molecule has 0 saturated carbocycles. The van der Waals surface area contributed by atoms with Gasteiger partial charge in [-0.1, -0.05) is 30.3 Å². The van der Waals surface area contributed by atoms with Crippen LogP contribution in [0.25, 0.3) is 5.70 Å². The number of ether oxygens (including phenoxy) is 1. The van der Waals surface area contributed by atoms with Gasteiger partial charge in [-0.15, -0.1) is 0 Å². The molecule has 0 unspecified atom stereocenters. The first-order valence-electron chi connectivity index (χ1n) is 7.22. The van der Waals surface area contributed by atoms with Gasteiger partial charge in [0.2, 0.25) is 0 Å². The fourth-order valence-electron chi connectivity index (χ4n) is 2.28. The van der Waals surface area contributed by atoms with E-state index in [1.54, 1.807) is 37.8 Å². The summed E-state index contributed by atoms with van der Waals surface area (Å²) in [5, 5.41) is 0. The van der Waals surface area contributed by atoms with Crippen LogP contribution in [0.1, 0.15) is 15.9 Å². The van der Waals surface area contributed by atoms with E-state index in [0.717, 1.165) is 17.0 Å². The van der Waals surface area contributed by atoms with Crippen molar-refractivity contribution in [2.75, 3.05) is 7.11 Å². The summed E-state index contributed by atoms with van der Waals surface area (Å²) in [7, 11) is 1.63. The highest BCUT2D eigenvalue weighted by Gasteiger charge is 2.09. The van der Waals surface area contributed by atoms with E-state index in [1.807, 2.05) is 53.2 Å². The topological polar surface area (TPSA) is 44.1 Å². The van der Waals surface area contributed by atoms with Crippen molar-refractivity contribution in [1.82, 2.24) is 9.55 Å². The van der Waals surface area contributed by atoms with E-state index in [2.05, 4.69) is 4.98 Å². The van der Waals surface area contributed by atoms with Crippen LogP contribution in [0.3, 0.4) is 0 Å². The predicted molar refractivity (Wildman–Crippen MR) is 89.4 cm³/mol. The van der Waals surface area contributed by atoms with Crippen LogP contribution in [0.15, 0.2) is 79.4 Å². The van der Waals surface area contributed by atoms with Crippen LogP contribution >= 0.6 is 0 Å². The van der Waals surface area contributed by atoms with E-state index >= 15 is 0 Å². The third kappa shape index (κ3) is 3.37. The number of nitrogens with zero attached hydrogens (tertiary/aromatic N) is 2. The summed E-state index contributed by atoms with van der Waals surface area (Å²) in [4.78, 5) is 16.6. The maximum Gasteiger partial charge on any atom is 0.187 e. The molecule has 2 aromatic carbocycles. The second-order valence-corrected chi connectivity index (χ2v) is 4.96. The average Bonchev–Trinajstić information content (AvgIpc) is 3.15. The zero-order valence-electron chi connectivity index (χ0n) is 12.7. The molecule has 0 atom stereocenters. The predicted octanol–water partition coefficient (Wildman–Crippen LogP) is 3.66. The molecule has 23 heavy (non-hydrogen) atoms. The van der Waals surface area contributed by atoms with E-state index in [0.29, 0.717) is 5.56 Å². The largest absolute Gasteiger partial charge is 0.497 e. The highest BCUT2D eigenvalue weighted by molar-refractivity contribution is 6.08. The van der Waals surface area contributed by atoms with E-state index in [4.69, 9.17) is 4.74 Å². The summed E-state index contributed by atoms with van der Waals surface area (Å²) >= 11 is 0. The van der Waals surface area contributed by atoms with E-state index in [-0.39, 0.29) is 5.78 Å². The van der Waals surface area contributed by atoms with E-state index < -0.39 is 0 Å². The van der Waals surface area contributed by atoms with Crippen LogP contribution in [0, 0.1) is 0 Å². The Balaban J connectivity index is 2.02. The number of benzene rings is 2. The van der Waals surface area contributed by atoms with Crippen molar-refractivity contribution in [2.24, 2.45) is 0 Å². The van der Waals surface area contributed by atoms with Gasteiger partial charge in [-0.2, -0.15) is 0 Å². The van der Waals surface area contributed by atoms with Gasteiger partial charge in [0.05, 0.1) is 19.1 Å². The minimum Gasteiger partial charge on any atom is -0.497 e. The Morgan fingerprint density at radius 1 is 1.04 bits per heavy atom. The van der Waals surface area contributed by atoms with Crippen molar-refractivity contribution < 1.29 is 9.53 Å². The van der Waals surface area contributed by atoms with Crippen molar-refractivity contribution in [3.05, 3.63) is 90.5 Å². The van der Waals surface area contributed by atoms with Gasteiger partial charge < -0.3 is 9.30 Å². The summed E-state index contributed by atoms with van der Waals surface area (Å²) in [5.41, 5.74) is 2.32. The number of aromatic nitrogens is 2. The molecule has 0 spiro atoms. The van der Waals surface area contributed by atoms with Crippen molar-refractivity contribution in [1.29, 1.82) is 0 Å². The Kier molecular flexibility index (Phi) is 4.34. The van der Waals surface area contributed by atoms with Gasteiger partial charge in [0.25, 0.3) is 0 Å². The zero-order chi connectivity index (χ0) is 16.1. The number of carbonyl (C=O) groups excluding carboxylic acids is 1. The number of carbonyl (C=O) groups is 1. The Morgan fingerprint density at radius 3 is 2.39 bits per heavy atom. The number of hydrogen-bond donors (Lipinski definition) is 0. The first kappa shape index (κ1) is 14.8. The third-order valence-electron chi connectivity index (χ3n) is 3.49. The summed E-state index contributed by atoms with van der Waals surface area (Å²) in [6, 6.07) is 16.8. The van der Waals surface area contributed by atoms with Crippen molar-refractivity contribution in [2.45, 2.75) is 0 Å². The second-order valence-electron chi connectivity index (χ2n) is 4.96. The molecule has 0 N–H and O–H groups in total. The molecule has 0 aliphatic carbocycles. The molecule has 0 bridgehead atoms. The fraction of sp³-hybridized carbons (Fsp3) is 0.0526. The molecule has 114 valence electrons. The summed E-state index contributed by atoms with van der Waals surface area (Å²) < 4.78 is 7.01. The quantitative estimate of drug-likeness (QED) is 0.533. The molecule has 1 aromatic heterocycles. The number of rotatable bonds is 5. The first-order chi connectivity index (χ1) is 11.3. The Bertz CT molecular complexity index is 804. The second kappa shape index (κ2) is 6.75. The molecule has 3 rings (SSSR count). The molecule has 0 saturated heterocycles. The molecule has 4 nitrogen and oxygen atoms in total. The van der Waals surface area contributed by atoms with Crippen LogP contribution in [0.5, 0.6) is 5.75 Å². The minimum atomic E-state index is -0.0508. The number of methoxy groups -OCH3 is 1. The maximum absolute atomic E-state index is 12.5. The molecule has 0 radical (unpaired) electrons. The molecular formula is C19H16N2O2. The highest BCUT2D eigenvalue weighted by Crippen LogP contribution is 2.21. The molecule has 3 aromatic rings. The number of ketones is 1. The number of imidazole rings is 1. The van der Waals surface area contributed by atoms with Gasteiger partial charge in [0.1, 0.15) is 5.75 Å². The van der Waals surface area contributed by atoms with Gasteiger partial charge in [0.15, 0.2) is 5.78 Å². The third-order valence-corrected chi connectivity index (χ3v) is 3.49. The standard InChI is InChI=1S/C19H16N2O2/c1-23-17-9-7-15(8-10-17)18(21-12-11-20-14-21)13-19(22)16-5-3-2-4-6-16/h2-14H,1H3/b18-13+. The maximum atomic E-state index is 12.5. The Labute approximate surface area is 134 Å². The summed E-state index contributed by atoms with van der Waals surface area (Å²) in [6.07, 6.45) is 6.80. The van der Waals surface area contributed by atoms with Crippen molar-refractivity contribution >= 4 is 11.5 Å². The van der Waals surface area contributed by atoms with Gasteiger partial charge in [0, 0.05) is 24.0 Å². The lowest BCUT2D eigenvalue weighted by Gasteiger charge is -2.10. The average molecular weight is 304 g/mol. The number of allylic oxidation sites excluding steroid dienone is 1. The SMILES string of the molecule is COc1ccc(/C(=C\C(=O)c2ccccc2)n2ccnc2)cc1. The molecule has 0 fully saturated rings. The number of hydrogen-bond acceptors (Lipinski definition) is 3. The van der Waals surface area contributed by atoms with Gasteiger partial charge in [-0.05, 0) is 29.8 Å². The molecule has 4 heteroatoms. The van der Waals surface area contributed by atoms with E-state index in [9.17, 15) is 4.79 Å². The minimum absolute atomic E-state index is 0.0508. The molecule has 0 amide bonds. The Morgan fingerprint density at radius 2 is 1.78 bits per heavy atom. The normalized spacial score (nSPS) is 11.3. The lowest BCUT2D eigenvalue weighted by Crippen LogP contribution is -2.02. The molecule has 0 aliphatic heterocycles. The van der Waals surface area contributed by atoms with Crippen molar-refractivity contribution in [3.63, 3.8) is 0 Å². The van der Waals surface area contributed by atoms with E-state index in [1.165, 1.54) is 0 Å². The lowest BCUT2D eigenvalue weighted by atomic mass is 10.1. The van der Waals surface area contributed by atoms with Crippen molar-refractivity contribution in [3.8, 4) is 5.75 Å². The molecule has 0 aliphatic rings. The van der Waals surface area contributed by atoms with Crippen LogP contribution in [0.2, 0.25) is 0 Å². The highest BCUT2D eigenvalue weighted by atomic mass is 16.5. The van der Waals surface area contributed by atoms with Crippen LogP contribution in [-0.2, 0) is 0 Å². The zero-order valence-corrected chi connectivity index (χ0v) is 12.7. The van der Waals surface area contributed by atoms with Crippen LogP contribution in [-0.4, -0.2) is 22.4 Å². The monoisotopic (exact) mass is 304 g/mol. The first-order valence-corrected chi connectivity index (χ1v) is 7.22. The molecule has 1 heterocycles. The fourth-order valence-corrected chi connectivity index (χ4v) is 2.28. The van der Waals surface area contributed by atoms with Crippen LogP contribution < -0.4 is 4.74 Å². The lowest BCUT2D eigenvalue weighted by molar-refractivity contribution is 0.104. The smallest absolute Gasteiger partial charge is 0.187 e. The molecular weight excluding hydrogens is 288 g/mol. The van der Waals surface area contributed by atoms with Crippen LogP contribution in [0.4, 0.5) is 0 Å².